The van der Waals surface area contributed by atoms with Crippen LogP contribution >= 0.6 is 0 Å². The van der Waals surface area contributed by atoms with Gasteiger partial charge >= 0.3 is 0 Å². The van der Waals surface area contributed by atoms with Crippen LogP contribution in [0.3, 0.4) is 0 Å². The van der Waals surface area contributed by atoms with Crippen LogP contribution in [0.15, 0.2) is 0 Å². The van der Waals surface area contributed by atoms with Crippen molar-refractivity contribution in [1.29, 1.82) is 5.26 Å². The molecule has 0 unspecified atom stereocenters. The van der Waals surface area contributed by atoms with E-state index in [9.17, 15) is 8.42 Å². The number of hydrogen-bond donors (Lipinski definition) is 0. The fourth-order valence-corrected chi connectivity index (χ4v) is 1.70. The molecule has 0 amide bonds. The van der Waals surface area contributed by atoms with Gasteiger partial charge in [0.2, 0.25) is 0 Å². The minimum absolute atomic E-state index is 0.0546. The summed E-state index contributed by atoms with van der Waals surface area (Å²) in [6.45, 7) is 3.25. The van der Waals surface area contributed by atoms with Gasteiger partial charge in [-0.1, -0.05) is 13.8 Å². The Bertz CT molecular complexity index is 225. The van der Waals surface area contributed by atoms with Gasteiger partial charge in [-0.05, 0) is 6.42 Å². The molecular formula is C6H11NO2S. The molecule has 0 bridgehead atoms. The molecule has 0 aromatic rings. The number of rotatable bonds is 3. The van der Waals surface area contributed by atoms with Gasteiger partial charge in [-0.3, -0.25) is 0 Å². The van der Waals surface area contributed by atoms with Gasteiger partial charge in [0.15, 0.2) is 9.84 Å². The number of sulfone groups is 1. The molecule has 0 spiro atoms. The predicted molar refractivity (Wildman–Crippen MR) is 39.2 cm³/mol. The average Bonchev–Trinajstić information content (AvgIpc) is 1.90. The van der Waals surface area contributed by atoms with Crippen molar-refractivity contribution >= 4 is 9.84 Å². The Balaban J connectivity index is 4.49. The van der Waals surface area contributed by atoms with Crippen LogP contribution in [-0.4, -0.2) is 19.4 Å². The molecular weight excluding hydrogens is 150 g/mol. The monoisotopic (exact) mass is 161 g/mol. The highest BCUT2D eigenvalue weighted by molar-refractivity contribution is 7.92. The first kappa shape index (κ1) is 9.44. The van der Waals surface area contributed by atoms with Crippen LogP contribution in [-0.2, 0) is 9.84 Å². The molecule has 0 aliphatic rings. The van der Waals surface area contributed by atoms with Crippen LogP contribution in [0, 0.1) is 11.3 Å². The van der Waals surface area contributed by atoms with Gasteiger partial charge in [-0.2, -0.15) is 5.26 Å². The van der Waals surface area contributed by atoms with E-state index in [1.165, 1.54) is 0 Å². The number of nitrogens with zero attached hydrogens (tertiary/aromatic N) is 1. The summed E-state index contributed by atoms with van der Waals surface area (Å²) >= 11 is 0. The van der Waals surface area contributed by atoms with Gasteiger partial charge in [-0.25, -0.2) is 8.42 Å². The summed E-state index contributed by atoms with van der Waals surface area (Å²) < 4.78 is 21.9. The van der Waals surface area contributed by atoms with E-state index in [2.05, 4.69) is 0 Å². The lowest BCUT2D eigenvalue weighted by Crippen LogP contribution is -2.20. The van der Waals surface area contributed by atoms with Crippen LogP contribution in [0.1, 0.15) is 20.3 Å². The summed E-state index contributed by atoms with van der Waals surface area (Å²) in [5.41, 5.74) is 0. The van der Waals surface area contributed by atoms with Crippen LogP contribution < -0.4 is 0 Å². The smallest absolute Gasteiger partial charge is 0.166 e. The van der Waals surface area contributed by atoms with Crippen molar-refractivity contribution < 1.29 is 8.42 Å². The molecule has 58 valence electrons. The third-order valence-corrected chi connectivity index (χ3v) is 3.46. The zero-order valence-corrected chi connectivity index (χ0v) is 6.98. The molecule has 3 nitrogen and oxygen atoms in total. The quantitative estimate of drug-likeness (QED) is 0.613. The highest BCUT2D eigenvalue weighted by Gasteiger charge is 2.20. The lowest BCUT2D eigenvalue weighted by molar-refractivity contribution is 0.588. The summed E-state index contributed by atoms with van der Waals surface area (Å²) in [7, 11) is -3.12. The molecule has 10 heavy (non-hydrogen) atoms. The van der Waals surface area contributed by atoms with Crippen molar-refractivity contribution in [2.24, 2.45) is 0 Å². The van der Waals surface area contributed by atoms with Gasteiger partial charge in [0.05, 0.1) is 6.07 Å². The minimum atomic E-state index is -3.12. The van der Waals surface area contributed by atoms with Crippen molar-refractivity contribution in [1.82, 2.24) is 0 Å². The Morgan fingerprint density at radius 2 is 2.00 bits per heavy atom. The zero-order valence-electron chi connectivity index (χ0n) is 6.16. The van der Waals surface area contributed by atoms with Gasteiger partial charge in [0, 0.05) is 5.75 Å². The maximum Gasteiger partial charge on any atom is 0.166 e. The Morgan fingerprint density at radius 3 is 2.10 bits per heavy atom. The van der Waals surface area contributed by atoms with Crippen molar-refractivity contribution in [2.45, 2.75) is 25.5 Å². The first-order chi connectivity index (χ1) is 4.58. The van der Waals surface area contributed by atoms with E-state index in [1.54, 1.807) is 19.9 Å². The lowest BCUT2D eigenvalue weighted by Gasteiger charge is -2.03. The SMILES string of the molecule is CC[C@H](C#N)S(=O)(=O)CC. The Labute approximate surface area is 61.6 Å². The molecule has 0 rings (SSSR count). The maximum absolute atomic E-state index is 10.9. The second-order valence-corrected chi connectivity index (χ2v) is 4.45. The standard InChI is InChI=1S/C6H11NO2S/c1-3-6(5-7)10(8,9)4-2/h6H,3-4H2,1-2H3/t6-/m1/s1. The van der Waals surface area contributed by atoms with E-state index < -0.39 is 15.1 Å². The van der Waals surface area contributed by atoms with Crippen molar-refractivity contribution in [3.63, 3.8) is 0 Å². The van der Waals surface area contributed by atoms with Crippen LogP contribution in [0.5, 0.6) is 0 Å². The second-order valence-electron chi connectivity index (χ2n) is 1.98. The van der Waals surface area contributed by atoms with Crippen molar-refractivity contribution in [3.05, 3.63) is 0 Å². The molecule has 4 heteroatoms. The third kappa shape index (κ3) is 1.99. The van der Waals surface area contributed by atoms with E-state index in [1.807, 2.05) is 0 Å². The molecule has 0 heterocycles. The van der Waals surface area contributed by atoms with E-state index in [4.69, 9.17) is 5.26 Å². The first-order valence-electron chi connectivity index (χ1n) is 3.19. The average molecular weight is 161 g/mol. The van der Waals surface area contributed by atoms with E-state index in [-0.39, 0.29) is 5.75 Å². The molecule has 0 aliphatic heterocycles. The van der Waals surface area contributed by atoms with Gasteiger partial charge in [0.25, 0.3) is 0 Å². The van der Waals surface area contributed by atoms with Crippen LogP contribution in [0.4, 0.5) is 0 Å². The summed E-state index contributed by atoms with van der Waals surface area (Å²) in [5.74, 6) is 0.0546. The van der Waals surface area contributed by atoms with Crippen LogP contribution in [0.25, 0.3) is 0 Å². The van der Waals surface area contributed by atoms with E-state index >= 15 is 0 Å². The summed E-state index contributed by atoms with van der Waals surface area (Å²) in [6.07, 6.45) is 0.382. The van der Waals surface area contributed by atoms with Gasteiger partial charge in [0.1, 0.15) is 5.25 Å². The molecule has 0 aromatic heterocycles. The molecule has 0 aromatic carbocycles. The highest BCUT2D eigenvalue weighted by Crippen LogP contribution is 2.04. The number of hydrogen-bond acceptors (Lipinski definition) is 3. The minimum Gasteiger partial charge on any atom is -0.227 e. The lowest BCUT2D eigenvalue weighted by atomic mass is 10.4. The Morgan fingerprint density at radius 1 is 1.50 bits per heavy atom. The van der Waals surface area contributed by atoms with Crippen molar-refractivity contribution in [2.75, 3.05) is 5.75 Å². The van der Waals surface area contributed by atoms with Gasteiger partial charge in [-0.15, -0.1) is 0 Å². The largest absolute Gasteiger partial charge is 0.227 e. The molecule has 0 N–H and O–H groups in total. The summed E-state index contributed by atoms with van der Waals surface area (Å²) in [6, 6.07) is 1.75. The second kappa shape index (κ2) is 3.57. The highest BCUT2D eigenvalue weighted by atomic mass is 32.2. The topological polar surface area (TPSA) is 57.9 Å². The van der Waals surface area contributed by atoms with Crippen molar-refractivity contribution in [3.8, 4) is 6.07 Å². The molecule has 0 aliphatic carbocycles. The van der Waals surface area contributed by atoms with Crippen LogP contribution in [0.2, 0.25) is 0 Å². The predicted octanol–water partition coefficient (Wildman–Crippen LogP) is 0.723. The number of nitriles is 1. The first-order valence-corrected chi connectivity index (χ1v) is 4.91. The maximum atomic E-state index is 10.9. The molecule has 0 radical (unpaired) electrons. The Hall–Kier alpha value is -0.560. The molecule has 0 fully saturated rings. The molecule has 1 atom stereocenters. The Kier molecular flexibility index (Phi) is 3.37. The van der Waals surface area contributed by atoms with Gasteiger partial charge < -0.3 is 0 Å². The summed E-state index contributed by atoms with van der Waals surface area (Å²) in [5, 5.41) is 7.56. The normalized spacial score (nSPS) is 14.1. The van der Waals surface area contributed by atoms with E-state index in [0.717, 1.165) is 0 Å². The molecule has 0 saturated heterocycles. The molecule has 0 saturated carbocycles. The third-order valence-electron chi connectivity index (χ3n) is 1.35. The fourth-order valence-electron chi connectivity index (χ4n) is 0.627. The van der Waals surface area contributed by atoms with E-state index in [0.29, 0.717) is 6.42 Å². The summed E-state index contributed by atoms with van der Waals surface area (Å²) in [4.78, 5) is 0. The fraction of sp³-hybridized carbons (Fsp3) is 0.833. The zero-order chi connectivity index (χ0) is 8.20.